The zero-order chi connectivity index (χ0) is 20.8. The van der Waals surface area contributed by atoms with Crippen LogP contribution in [0.1, 0.15) is 40.2 Å². The number of anilines is 1. The number of para-hydroxylation sites is 1. The van der Waals surface area contributed by atoms with Gasteiger partial charge in [-0.3, -0.25) is 14.5 Å². The third kappa shape index (κ3) is 2.82. The summed E-state index contributed by atoms with van der Waals surface area (Å²) in [6.45, 7) is 2.08. The van der Waals surface area contributed by atoms with E-state index in [1.165, 1.54) is 16.7 Å². The monoisotopic (exact) mass is 416 g/mol. The van der Waals surface area contributed by atoms with Crippen LogP contribution >= 0.6 is 11.6 Å². The molecule has 1 aliphatic heterocycles. The van der Waals surface area contributed by atoms with Crippen LogP contribution in [0.25, 0.3) is 11.0 Å². The lowest BCUT2D eigenvalue weighted by Crippen LogP contribution is -2.30. The topological polar surface area (TPSA) is 63.4 Å². The summed E-state index contributed by atoms with van der Waals surface area (Å²) in [7, 11) is 0. The van der Waals surface area contributed by atoms with E-state index < -0.39 is 11.9 Å². The van der Waals surface area contributed by atoms with Crippen LogP contribution in [0.3, 0.4) is 0 Å². The molecule has 0 bridgehead atoms. The van der Waals surface area contributed by atoms with Crippen molar-refractivity contribution >= 4 is 34.3 Å². The Morgan fingerprint density at radius 3 is 2.50 bits per heavy atom. The van der Waals surface area contributed by atoms with E-state index in [0.29, 0.717) is 27.4 Å². The van der Waals surface area contributed by atoms with Crippen LogP contribution in [-0.4, -0.2) is 10.9 Å². The van der Waals surface area contributed by atoms with Crippen LogP contribution in [0.15, 0.2) is 76.1 Å². The minimum atomic E-state index is -0.632. The molecule has 0 saturated heterocycles. The summed E-state index contributed by atoms with van der Waals surface area (Å²) in [6.07, 6.45) is 2.38. The highest BCUT2D eigenvalue weighted by Crippen LogP contribution is 2.40. The van der Waals surface area contributed by atoms with Gasteiger partial charge in [-0.1, -0.05) is 54.9 Å². The van der Waals surface area contributed by atoms with Crippen molar-refractivity contribution in [1.29, 1.82) is 0 Å². The molecule has 148 valence electrons. The van der Waals surface area contributed by atoms with Crippen molar-refractivity contribution in [3.05, 3.63) is 105 Å². The molecule has 0 saturated carbocycles. The number of amides is 1. The lowest BCUT2D eigenvalue weighted by Gasteiger charge is -2.24. The number of pyridine rings is 1. The molecule has 1 atom stereocenters. The van der Waals surface area contributed by atoms with E-state index in [4.69, 9.17) is 16.0 Å². The number of carbonyl (C=O) groups excluding carboxylic acids is 1. The van der Waals surface area contributed by atoms with E-state index >= 15 is 0 Å². The van der Waals surface area contributed by atoms with Crippen LogP contribution in [0.5, 0.6) is 0 Å². The molecule has 2 aromatic heterocycles. The fraction of sp³-hybridized carbons (Fsp3) is 0.125. The maximum Gasteiger partial charge on any atom is 0.296 e. The van der Waals surface area contributed by atoms with Crippen molar-refractivity contribution in [3.8, 4) is 0 Å². The van der Waals surface area contributed by atoms with Gasteiger partial charge in [0, 0.05) is 6.20 Å². The van der Waals surface area contributed by atoms with Gasteiger partial charge in [-0.15, -0.1) is 0 Å². The number of carbonyl (C=O) groups is 1. The van der Waals surface area contributed by atoms with Gasteiger partial charge in [-0.25, -0.2) is 4.98 Å². The van der Waals surface area contributed by atoms with Gasteiger partial charge in [-0.2, -0.15) is 0 Å². The number of aromatic nitrogens is 1. The van der Waals surface area contributed by atoms with Gasteiger partial charge in [0.25, 0.3) is 5.91 Å². The Hall–Kier alpha value is -3.44. The number of hydrogen-bond donors (Lipinski definition) is 0. The second-order valence-electron chi connectivity index (χ2n) is 7.18. The molecule has 1 aliphatic rings. The predicted molar refractivity (Wildman–Crippen MR) is 116 cm³/mol. The van der Waals surface area contributed by atoms with E-state index in [2.05, 4.69) is 11.9 Å². The Balaban J connectivity index is 1.78. The van der Waals surface area contributed by atoms with E-state index in [9.17, 15) is 9.59 Å². The van der Waals surface area contributed by atoms with E-state index in [1.54, 1.807) is 36.4 Å². The predicted octanol–water partition coefficient (Wildman–Crippen LogP) is 5.15. The maximum atomic E-state index is 13.4. The minimum absolute atomic E-state index is 0.0556. The second-order valence-corrected chi connectivity index (χ2v) is 7.61. The van der Waals surface area contributed by atoms with Crippen LogP contribution in [0.2, 0.25) is 5.02 Å². The van der Waals surface area contributed by atoms with Crippen LogP contribution in [0, 0.1) is 0 Å². The first-order valence-corrected chi connectivity index (χ1v) is 10.1. The Bertz CT molecular complexity index is 1330. The van der Waals surface area contributed by atoms with E-state index in [1.807, 2.05) is 24.3 Å². The number of hydrogen-bond acceptors (Lipinski definition) is 4. The Morgan fingerprint density at radius 2 is 1.80 bits per heavy atom. The highest BCUT2D eigenvalue weighted by molar-refractivity contribution is 6.30. The molecule has 4 aromatic rings. The molecule has 0 fully saturated rings. The number of fused-ring (bicyclic) bond motifs is 2. The standard InChI is InChI=1S/C24H17ClN2O3/c1-2-14-7-9-15(10-8-14)21-20-22(28)17-5-3-4-6-18(17)30-23(20)24(29)27(21)19-12-11-16(25)13-26-19/h3-13,21H,2H2,1H3. The molecule has 0 radical (unpaired) electrons. The highest BCUT2D eigenvalue weighted by Gasteiger charge is 2.44. The first-order valence-electron chi connectivity index (χ1n) is 9.68. The number of nitrogens with zero attached hydrogens (tertiary/aromatic N) is 2. The smallest absolute Gasteiger partial charge is 0.296 e. The number of aryl methyl sites for hydroxylation is 1. The normalized spacial score (nSPS) is 15.6. The van der Waals surface area contributed by atoms with Crippen molar-refractivity contribution in [1.82, 2.24) is 4.98 Å². The van der Waals surface area contributed by atoms with Crippen molar-refractivity contribution in [2.24, 2.45) is 0 Å². The Labute approximate surface area is 177 Å². The lowest BCUT2D eigenvalue weighted by molar-refractivity contribution is 0.0970. The third-order valence-corrected chi connectivity index (χ3v) is 5.66. The number of rotatable bonds is 3. The summed E-state index contributed by atoms with van der Waals surface area (Å²) >= 11 is 5.99. The molecule has 6 heteroatoms. The molecule has 5 nitrogen and oxygen atoms in total. The third-order valence-electron chi connectivity index (χ3n) is 5.44. The van der Waals surface area contributed by atoms with Gasteiger partial charge in [0.05, 0.1) is 22.0 Å². The summed E-state index contributed by atoms with van der Waals surface area (Å²) in [6, 6.07) is 17.6. The zero-order valence-corrected chi connectivity index (χ0v) is 16.9. The Morgan fingerprint density at radius 1 is 1.03 bits per heavy atom. The van der Waals surface area contributed by atoms with Crippen LogP contribution in [-0.2, 0) is 6.42 Å². The first kappa shape index (κ1) is 18.6. The van der Waals surface area contributed by atoms with Crippen molar-refractivity contribution in [2.45, 2.75) is 19.4 Å². The van der Waals surface area contributed by atoms with Crippen LogP contribution < -0.4 is 10.3 Å². The Kier molecular flexibility index (Phi) is 4.40. The summed E-state index contributed by atoms with van der Waals surface area (Å²) in [4.78, 5) is 32.7. The molecule has 30 heavy (non-hydrogen) atoms. The average molecular weight is 417 g/mol. The number of benzene rings is 2. The summed E-state index contributed by atoms with van der Waals surface area (Å²) in [5.41, 5.74) is 2.50. The second kappa shape index (κ2) is 7.11. The summed E-state index contributed by atoms with van der Waals surface area (Å²) in [5, 5.41) is 0.914. The van der Waals surface area contributed by atoms with Gasteiger partial charge < -0.3 is 4.42 Å². The molecule has 0 N–H and O–H groups in total. The maximum absolute atomic E-state index is 13.4. The molecule has 0 spiro atoms. The fourth-order valence-corrected chi connectivity index (χ4v) is 4.03. The summed E-state index contributed by atoms with van der Waals surface area (Å²) in [5.74, 6) is 0.0658. The quantitative estimate of drug-likeness (QED) is 0.463. The van der Waals surface area contributed by atoms with Crippen molar-refractivity contribution in [2.75, 3.05) is 4.90 Å². The van der Waals surface area contributed by atoms with Gasteiger partial charge in [0.2, 0.25) is 5.76 Å². The fourth-order valence-electron chi connectivity index (χ4n) is 3.92. The molecule has 5 rings (SSSR count). The van der Waals surface area contributed by atoms with Gasteiger partial charge in [-0.05, 0) is 41.8 Å². The van der Waals surface area contributed by atoms with Gasteiger partial charge >= 0.3 is 0 Å². The molecule has 3 heterocycles. The van der Waals surface area contributed by atoms with Crippen molar-refractivity contribution in [3.63, 3.8) is 0 Å². The lowest BCUT2D eigenvalue weighted by atomic mass is 9.97. The first-order chi connectivity index (χ1) is 14.6. The molecule has 0 aliphatic carbocycles. The minimum Gasteiger partial charge on any atom is -0.450 e. The molecular formula is C24H17ClN2O3. The largest absolute Gasteiger partial charge is 0.450 e. The average Bonchev–Trinajstić information content (AvgIpc) is 3.07. The number of halogens is 1. The zero-order valence-electron chi connectivity index (χ0n) is 16.1. The SMILES string of the molecule is CCc1ccc(C2c3c(oc4ccccc4c3=O)C(=O)N2c2ccc(Cl)cn2)cc1. The molecule has 2 aromatic carbocycles. The van der Waals surface area contributed by atoms with E-state index in [0.717, 1.165) is 12.0 Å². The van der Waals surface area contributed by atoms with Gasteiger partial charge in [0.15, 0.2) is 5.43 Å². The van der Waals surface area contributed by atoms with Gasteiger partial charge in [0.1, 0.15) is 11.4 Å². The summed E-state index contributed by atoms with van der Waals surface area (Å²) < 4.78 is 5.92. The van der Waals surface area contributed by atoms with Crippen molar-refractivity contribution < 1.29 is 9.21 Å². The van der Waals surface area contributed by atoms with Crippen LogP contribution in [0.4, 0.5) is 5.82 Å². The van der Waals surface area contributed by atoms with E-state index in [-0.39, 0.29) is 11.2 Å². The molecule has 1 unspecified atom stereocenters. The molecule has 1 amide bonds. The molecular weight excluding hydrogens is 400 g/mol. The highest BCUT2D eigenvalue weighted by atomic mass is 35.5.